The second-order valence-electron chi connectivity index (χ2n) is 10.9. The normalized spacial score (nSPS) is 21.7. The van der Waals surface area contributed by atoms with Crippen LogP contribution in [0, 0.1) is 11.8 Å². The average Bonchev–Trinajstić information content (AvgIpc) is 3.23. The van der Waals surface area contributed by atoms with Crippen LogP contribution in [0.4, 0.5) is 0 Å². The van der Waals surface area contributed by atoms with Crippen LogP contribution in [0.3, 0.4) is 0 Å². The molecule has 216 valence electrons. The van der Waals surface area contributed by atoms with Gasteiger partial charge in [-0.25, -0.2) is 0 Å². The molecule has 10 heteroatoms. The van der Waals surface area contributed by atoms with E-state index in [1.807, 2.05) is 12.1 Å². The molecular weight excluding hydrogens is 526 g/mol. The molecule has 1 aliphatic carbocycles. The third-order valence-corrected chi connectivity index (χ3v) is 8.46. The Morgan fingerprint density at radius 2 is 1.66 bits per heavy atom. The highest BCUT2D eigenvalue weighted by atomic mass is 16.5. The molecule has 3 atom stereocenters. The fourth-order valence-corrected chi connectivity index (χ4v) is 6.44. The van der Waals surface area contributed by atoms with Crippen LogP contribution in [0.1, 0.15) is 76.4 Å². The minimum absolute atomic E-state index is 0.0410. The number of hydrogen-bond donors (Lipinski definition) is 2. The van der Waals surface area contributed by atoms with Gasteiger partial charge in [-0.3, -0.25) is 28.9 Å². The summed E-state index contributed by atoms with van der Waals surface area (Å²) in [5.41, 5.74) is 2.32. The number of nitrogens with one attached hydrogen (secondary N) is 1. The molecule has 0 aromatic heterocycles. The zero-order valence-corrected chi connectivity index (χ0v) is 23.1. The van der Waals surface area contributed by atoms with Crippen molar-refractivity contribution in [3.8, 4) is 5.75 Å². The van der Waals surface area contributed by atoms with Crippen molar-refractivity contribution in [1.29, 1.82) is 0 Å². The third kappa shape index (κ3) is 5.55. The second-order valence-corrected chi connectivity index (χ2v) is 10.9. The zero-order valence-electron chi connectivity index (χ0n) is 23.1. The molecule has 2 heterocycles. The van der Waals surface area contributed by atoms with Crippen molar-refractivity contribution < 1.29 is 33.8 Å². The van der Waals surface area contributed by atoms with E-state index in [0.717, 1.165) is 18.4 Å². The summed E-state index contributed by atoms with van der Waals surface area (Å²) in [6.45, 7) is 0.481. The van der Waals surface area contributed by atoms with Gasteiger partial charge in [-0.1, -0.05) is 37.1 Å². The van der Waals surface area contributed by atoms with E-state index in [4.69, 9.17) is 9.84 Å². The van der Waals surface area contributed by atoms with Crippen LogP contribution in [0.15, 0.2) is 42.5 Å². The summed E-state index contributed by atoms with van der Waals surface area (Å²) in [4.78, 5) is 67.7. The molecule has 2 aromatic rings. The lowest BCUT2D eigenvalue weighted by molar-refractivity contribution is -0.146. The lowest BCUT2D eigenvalue weighted by Gasteiger charge is -2.42. The first-order chi connectivity index (χ1) is 19.8. The Labute approximate surface area is 238 Å². The number of carboxylic acid groups (broad SMARTS) is 1. The van der Waals surface area contributed by atoms with E-state index in [2.05, 4.69) is 5.32 Å². The number of rotatable bonds is 9. The molecular formula is C31H35N3O7. The van der Waals surface area contributed by atoms with Gasteiger partial charge in [0.1, 0.15) is 5.75 Å². The number of imide groups is 1. The smallest absolute Gasteiger partial charge is 0.303 e. The Morgan fingerprint density at radius 3 is 2.32 bits per heavy atom. The quantitative estimate of drug-likeness (QED) is 0.355. The fraction of sp³-hybridized carbons (Fsp3) is 0.452. The SMILES string of the molecule is CNC(=O)[C@H]1CCCC[C@H]1C(=O)N1CCc2cccc(OCCCC(=O)O)c2[C@H]1CN1C(=O)c2ccccc2C1=O. The number of carboxylic acids is 1. The van der Waals surface area contributed by atoms with Crippen molar-refractivity contribution in [2.45, 2.75) is 51.0 Å². The lowest BCUT2D eigenvalue weighted by Crippen LogP contribution is -2.51. The minimum atomic E-state index is -0.915. The maximum atomic E-state index is 14.3. The van der Waals surface area contributed by atoms with Crippen molar-refractivity contribution in [3.63, 3.8) is 0 Å². The molecule has 10 nitrogen and oxygen atoms in total. The fourth-order valence-electron chi connectivity index (χ4n) is 6.44. The van der Waals surface area contributed by atoms with Crippen LogP contribution in [0.25, 0.3) is 0 Å². The number of benzene rings is 2. The number of carbonyl (C=O) groups excluding carboxylic acids is 4. The molecule has 2 aromatic carbocycles. The Balaban J connectivity index is 1.51. The Kier molecular flexibility index (Phi) is 8.37. The summed E-state index contributed by atoms with van der Waals surface area (Å²) in [6, 6.07) is 11.6. The van der Waals surface area contributed by atoms with Gasteiger partial charge in [0.05, 0.1) is 30.3 Å². The van der Waals surface area contributed by atoms with Crippen LogP contribution in [-0.4, -0.2) is 71.2 Å². The standard InChI is InChI=1S/C31H35N3O7/c1-32-28(37)20-9-2-3-10-21(20)29(38)33-16-15-19-8-6-13-25(41-17-7-14-26(35)36)27(19)24(33)18-34-30(39)22-11-4-5-12-23(22)31(34)40/h4-6,8,11-13,20-21,24H,2-3,7,9-10,14-18H2,1H3,(H,32,37)(H,35,36)/t20-,21+,24+/m0/s1. The van der Waals surface area contributed by atoms with E-state index >= 15 is 0 Å². The van der Waals surface area contributed by atoms with E-state index in [-0.39, 0.29) is 31.4 Å². The molecule has 41 heavy (non-hydrogen) atoms. The number of ether oxygens (including phenoxy) is 1. The Bertz CT molecular complexity index is 1340. The predicted octanol–water partition coefficient (Wildman–Crippen LogP) is 3.20. The first-order valence-electron chi connectivity index (χ1n) is 14.3. The summed E-state index contributed by atoms with van der Waals surface area (Å²) in [5.74, 6) is -2.49. The van der Waals surface area contributed by atoms with Crippen LogP contribution < -0.4 is 10.1 Å². The van der Waals surface area contributed by atoms with Gasteiger partial charge in [-0.2, -0.15) is 0 Å². The van der Waals surface area contributed by atoms with Gasteiger partial charge in [0.2, 0.25) is 11.8 Å². The van der Waals surface area contributed by atoms with E-state index in [0.29, 0.717) is 54.7 Å². The molecule has 0 unspecified atom stereocenters. The second kappa shape index (κ2) is 12.1. The first kappa shape index (κ1) is 28.3. The van der Waals surface area contributed by atoms with E-state index in [9.17, 15) is 24.0 Å². The Hall–Kier alpha value is -4.21. The van der Waals surface area contributed by atoms with Crippen molar-refractivity contribution >= 4 is 29.6 Å². The first-order valence-corrected chi connectivity index (χ1v) is 14.3. The molecule has 0 radical (unpaired) electrons. The molecule has 3 aliphatic rings. The Morgan fingerprint density at radius 1 is 0.976 bits per heavy atom. The highest BCUT2D eigenvalue weighted by Gasteiger charge is 2.44. The number of hydrogen-bond acceptors (Lipinski definition) is 6. The van der Waals surface area contributed by atoms with Crippen molar-refractivity contribution in [3.05, 3.63) is 64.7 Å². The van der Waals surface area contributed by atoms with E-state index in [1.54, 1.807) is 42.3 Å². The number of carbonyl (C=O) groups is 5. The van der Waals surface area contributed by atoms with Crippen LogP contribution in [-0.2, 0) is 20.8 Å². The zero-order chi connectivity index (χ0) is 29.1. The van der Waals surface area contributed by atoms with E-state index in [1.165, 1.54) is 4.90 Å². The van der Waals surface area contributed by atoms with Crippen LogP contribution in [0.5, 0.6) is 5.75 Å². The summed E-state index contributed by atoms with van der Waals surface area (Å²) in [7, 11) is 1.58. The maximum Gasteiger partial charge on any atom is 0.303 e. The maximum absolute atomic E-state index is 14.3. The molecule has 5 rings (SSSR count). The van der Waals surface area contributed by atoms with Gasteiger partial charge in [-0.05, 0) is 49.4 Å². The molecule has 0 saturated heterocycles. The number of fused-ring (bicyclic) bond motifs is 2. The molecule has 4 amide bonds. The average molecular weight is 562 g/mol. The number of nitrogens with zero attached hydrogens (tertiary/aromatic N) is 2. The largest absolute Gasteiger partial charge is 0.493 e. The molecule has 0 bridgehead atoms. The monoisotopic (exact) mass is 561 g/mol. The van der Waals surface area contributed by atoms with Crippen molar-refractivity contribution in [2.24, 2.45) is 11.8 Å². The number of amides is 4. The summed E-state index contributed by atoms with van der Waals surface area (Å²) in [6.07, 6.45) is 3.74. The van der Waals surface area contributed by atoms with Crippen molar-refractivity contribution in [1.82, 2.24) is 15.1 Å². The number of aliphatic carboxylic acids is 1. The molecule has 2 aliphatic heterocycles. The van der Waals surface area contributed by atoms with Gasteiger partial charge in [0.15, 0.2) is 0 Å². The minimum Gasteiger partial charge on any atom is -0.493 e. The lowest BCUT2D eigenvalue weighted by atomic mass is 9.77. The van der Waals surface area contributed by atoms with Crippen molar-refractivity contribution in [2.75, 3.05) is 26.7 Å². The summed E-state index contributed by atoms with van der Waals surface area (Å²) in [5, 5.41) is 11.7. The predicted molar refractivity (Wildman–Crippen MR) is 148 cm³/mol. The van der Waals surface area contributed by atoms with Gasteiger partial charge in [0, 0.05) is 37.4 Å². The van der Waals surface area contributed by atoms with E-state index < -0.39 is 35.7 Å². The topological polar surface area (TPSA) is 133 Å². The molecule has 2 N–H and O–H groups in total. The van der Waals surface area contributed by atoms with Gasteiger partial charge >= 0.3 is 5.97 Å². The molecule has 1 saturated carbocycles. The molecule has 1 fully saturated rings. The molecule has 0 spiro atoms. The highest BCUT2D eigenvalue weighted by Crippen LogP contribution is 2.41. The summed E-state index contributed by atoms with van der Waals surface area (Å²) < 4.78 is 6.06. The van der Waals surface area contributed by atoms with Gasteiger partial charge < -0.3 is 20.1 Å². The van der Waals surface area contributed by atoms with Crippen LogP contribution >= 0.6 is 0 Å². The van der Waals surface area contributed by atoms with Gasteiger partial charge in [-0.15, -0.1) is 0 Å². The third-order valence-electron chi connectivity index (χ3n) is 8.46. The highest BCUT2D eigenvalue weighted by molar-refractivity contribution is 6.21. The van der Waals surface area contributed by atoms with Gasteiger partial charge in [0.25, 0.3) is 11.8 Å². The van der Waals surface area contributed by atoms with Crippen LogP contribution in [0.2, 0.25) is 0 Å². The summed E-state index contributed by atoms with van der Waals surface area (Å²) >= 11 is 0.